The molecule has 0 aromatic carbocycles. The van der Waals surface area contributed by atoms with Crippen LogP contribution < -0.4 is 9.72 Å². The van der Waals surface area contributed by atoms with E-state index in [4.69, 9.17) is 0 Å². The van der Waals surface area contributed by atoms with Gasteiger partial charge in [0.1, 0.15) is 5.82 Å². The zero-order valence-electron chi connectivity index (χ0n) is 12.7. The lowest BCUT2D eigenvalue weighted by Crippen LogP contribution is -2.22. The van der Waals surface area contributed by atoms with Gasteiger partial charge in [-0.3, -0.25) is 9.78 Å². The first kappa shape index (κ1) is 14.1. The molecule has 0 bridgehead atoms. The Hall–Kier alpha value is -3.54. The van der Waals surface area contributed by atoms with Gasteiger partial charge in [-0.15, -0.1) is 0 Å². The highest BCUT2D eigenvalue weighted by atomic mass is 16.2. The molecule has 4 heterocycles. The molecule has 0 aliphatic rings. The molecule has 6 heteroatoms. The first-order valence-corrected chi connectivity index (χ1v) is 7.48. The van der Waals surface area contributed by atoms with Crippen LogP contribution in [-0.4, -0.2) is 20.9 Å². The summed E-state index contributed by atoms with van der Waals surface area (Å²) in [6.45, 7) is 0. The van der Waals surface area contributed by atoms with E-state index in [0.29, 0.717) is 11.5 Å². The van der Waals surface area contributed by atoms with Crippen LogP contribution in [0.3, 0.4) is 0 Å². The smallest absolute Gasteiger partial charge is 0.301 e. The first-order chi connectivity index (χ1) is 11.8. The normalized spacial score (nSPS) is 10.7. The summed E-state index contributed by atoms with van der Waals surface area (Å²) in [5.41, 5.74) is 2.15. The molecule has 0 aliphatic carbocycles. The summed E-state index contributed by atoms with van der Waals surface area (Å²) >= 11 is 0. The summed E-state index contributed by atoms with van der Waals surface area (Å²) < 4.78 is 1.93. The van der Waals surface area contributed by atoms with Crippen molar-refractivity contribution < 1.29 is 9.20 Å². The lowest BCUT2D eigenvalue weighted by atomic mass is 10.3. The third-order valence-electron chi connectivity index (χ3n) is 3.67. The van der Waals surface area contributed by atoms with E-state index in [9.17, 15) is 4.79 Å². The van der Waals surface area contributed by atoms with Gasteiger partial charge >= 0.3 is 5.91 Å². The van der Waals surface area contributed by atoms with E-state index in [1.807, 2.05) is 47.0 Å². The molecule has 0 radical (unpaired) electrons. The van der Waals surface area contributed by atoms with E-state index < -0.39 is 0 Å². The van der Waals surface area contributed by atoms with Gasteiger partial charge in [0.25, 0.3) is 5.82 Å². The lowest BCUT2D eigenvalue weighted by molar-refractivity contribution is -0.498. The van der Waals surface area contributed by atoms with Crippen LogP contribution in [0.1, 0.15) is 10.5 Å². The number of hydrogen-bond donors (Lipinski definition) is 2. The monoisotopic (exact) mass is 316 g/mol. The SMILES string of the molecule is O=C(Nc1ccccn1)c1[nH]c(-c2cccnc2)[n+]2ccccc12. The van der Waals surface area contributed by atoms with Crippen LogP contribution in [-0.2, 0) is 0 Å². The highest BCUT2D eigenvalue weighted by molar-refractivity contribution is 6.06. The Morgan fingerprint density at radius 1 is 1.04 bits per heavy atom. The fraction of sp³-hybridized carbons (Fsp3) is 0. The van der Waals surface area contributed by atoms with Crippen LogP contribution >= 0.6 is 0 Å². The molecular formula is C18H14N5O+. The van der Waals surface area contributed by atoms with Crippen molar-refractivity contribution in [3.8, 4) is 11.4 Å². The number of rotatable bonds is 3. The number of aromatic nitrogens is 4. The summed E-state index contributed by atoms with van der Waals surface area (Å²) in [6, 6.07) is 14.9. The number of amides is 1. The van der Waals surface area contributed by atoms with Crippen molar-refractivity contribution in [2.24, 2.45) is 0 Å². The molecule has 2 N–H and O–H groups in total. The minimum absolute atomic E-state index is 0.243. The van der Waals surface area contributed by atoms with Gasteiger partial charge in [0.2, 0.25) is 5.69 Å². The molecule has 0 aliphatic heterocycles. The number of nitrogens with zero attached hydrogens (tertiary/aromatic N) is 3. The molecule has 1 amide bonds. The molecule has 4 aromatic heterocycles. The van der Waals surface area contributed by atoms with Crippen LogP contribution in [0.5, 0.6) is 0 Å². The van der Waals surface area contributed by atoms with Crippen molar-refractivity contribution in [1.82, 2.24) is 15.0 Å². The molecule has 0 unspecified atom stereocenters. The topological polar surface area (TPSA) is 74.8 Å². The Kier molecular flexibility index (Phi) is 3.47. The molecule has 4 aromatic rings. The molecule has 0 saturated carbocycles. The lowest BCUT2D eigenvalue weighted by Gasteiger charge is -1.99. The molecule has 0 atom stereocenters. The van der Waals surface area contributed by atoms with Crippen LogP contribution in [0, 0.1) is 0 Å². The molecule has 6 nitrogen and oxygen atoms in total. The van der Waals surface area contributed by atoms with Gasteiger partial charge in [0.15, 0.2) is 5.52 Å². The third kappa shape index (κ3) is 2.50. The standard InChI is InChI=1S/C18H13N5O/c24-18(21-15-8-1-3-10-20-15)16-14-7-2-4-11-23(14)17(22-16)13-6-5-9-19-12-13/h1-12H,(H,20,21,24)/p+1. The largest absolute Gasteiger partial charge is 0.303 e. The number of hydrogen-bond acceptors (Lipinski definition) is 3. The van der Waals surface area contributed by atoms with Crippen LogP contribution in [0.15, 0.2) is 73.3 Å². The van der Waals surface area contributed by atoms with Gasteiger partial charge in [0, 0.05) is 18.6 Å². The van der Waals surface area contributed by atoms with Crippen molar-refractivity contribution >= 4 is 17.2 Å². The van der Waals surface area contributed by atoms with Crippen molar-refractivity contribution in [2.45, 2.75) is 0 Å². The predicted molar refractivity (Wildman–Crippen MR) is 89.4 cm³/mol. The fourth-order valence-corrected chi connectivity index (χ4v) is 2.59. The molecule has 0 fully saturated rings. The van der Waals surface area contributed by atoms with Crippen molar-refractivity contribution in [1.29, 1.82) is 0 Å². The number of fused-ring (bicyclic) bond motifs is 1. The molecule has 24 heavy (non-hydrogen) atoms. The zero-order valence-corrected chi connectivity index (χ0v) is 12.7. The van der Waals surface area contributed by atoms with Crippen LogP contribution in [0.25, 0.3) is 16.9 Å². The minimum Gasteiger partial charge on any atom is -0.303 e. The maximum absolute atomic E-state index is 12.7. The summed E-state index contributed by atoms with van der Waals surface area (Å²) in [5, 5.41) is 2.80. The van der Waals surface area contributed by atoms with Gasteiger partial charge in [-0.25, -0.2) is 9.97 Å². The number of aromatic amines is 1. The second-order valence-corrected chi connectivity index (χ2v) is 5.22. The summed E-state index contributed by atoms with van der Waals surface area (Å²) in [4.78, 5) is 24.1. The van der Waals surface area contributed by atoms with Gasteiger partial charge in [-0.05, 0) is 36.4 Å². The van der Waals surface area contributed by atoms with E-state index in [2.05, 4.69) is 20.3 Å². The summed E-state index contributed by atoms with van der Waals surface area (Å²) in [6.07, 6.45) is 7.02. The molecule has 0 saturated heterocycles. The fourth-order valence-electron chi connectivity index (χ4n) is 2.59. The van der Waals surface area contributed by atoms with E-state index in [-0.39, 0.29) is 5.91 Å². The Morgan fingerprint density at radius 2 is 1.96 bits per heavy atom. The van der Waals surface area contributed by atoms with Gasteiger partial charge < -0.3 is 5.32 Å². The number of H-pyrrole nitrogens is 1. The highest BCUT2D eigenvalue weighted by Gasteiger charge is 2.25. The number of pyridine rings is 3. The Morgan fingerprint density at radius 3 is 2.75 bits per heavy atom. The molecule has 116 valence electrons. The summed E-state index contributed by atoms with van der Waals surface area (Å²) in [7, 11) is 0. The predicted octanol–water partition coefficient (Wildman–Crippen LogP) is 2.46. The van der Waals surface area contributed by atoms with E-state index in [0.717, 1.165) is 16.9 Å². The second-order valence-electron chi connectivity index (χ2n) is 5.22. The van der Waals surface area contributed by atoms with Crippen molar-refractivity contribution in [3.63, 3.8) is 0 Å². The number of imidazole rings is 1. The number of nitrogens with one attached hydrogen (secondary N) is 2. The highest BCUT2D eigenvalue weighted by Crippen LogP contribution is 2.17. The Labute approximate surface area is 137 Å². The van der Waals surface area contributed by atoms with E-state index >= 15 is 0 Å². The Bertz CT molecular complexity index is 996. The number of anilines is 1. The van der Waals surface area contributed by atoms with Crippen molar-refractivity contribution in [2.75, 3.05) is 5.32 Å². The summed E-state index contributed by atoms with van der Waals surface area (Å²) in [5.74, 6) is 1.06. The quantitative estimate of drug-likeness (QED) is 0.570. The molecule has 0 spiro atoms. The molecular weight excluding hydrogens is 302 g/mol. The maximum atomic E-state index is 12.7. The number of carbonyl (C=O) groups is 1. The molecule has 4 rings (SSSR count). The van der Waals surface area contributed by atoms with Crippen molar-refractivity contribution in [3.05, 3.63) is 79.0 Å². The Balaban J connectivity index is 1.80. The average molecular weight is 316 g/mol. The van der Waals surface area contributed by atoms with E-state index in [1.165, 1.54) is 0 Å². The van der Waals surface area contributed by atoms with Gasteiger partial charge in [-0.1, -0.05) is 12.1 Å². The second kappa shape index (κ2) is 5.92. The first-order valence-electron chi connectivity index (χ1n) is 7.48. The minimum atomic E-state index is -0.243. The maximum Gasteiger partial charge on any atom is 0.301 e. The number of carbonyl (C=O) groups excluding carboxylic acids is 1. The zero-order chi connectivity index (χ0) is 16.4. The average Bonchev–Trinajstić information content (AvgIpc) is 3.03. The van der Waals surface area contributed by atoms with E-state index in [1.54, 1.807) is 30.7 Å². The van der Waals surface area contributed by atoms with Gasteiger partial charge in [0.05, 0.1) is 11.8 Å². The van der Waals surface area contributed by atoms with Gasteiger partial charge in [-0.2, -0.15) is 4.40 Å². The van der Waals surface area contributed by atoms with Crippen LogP contribution in [0.2, 0.25) is 0 Å². The third-order valence-corrected chi connectivity index (χ3v) is 3.67. The van der Waals surface area contributed by atoms with Crippen LogP contribution in [0.4, 0.5) is 5.82 Å².